The van der Waals surface area contributed by atoms with Crippen LogP contribution >= 0.6 is 0 Å². The van der Waals surface area contributed by atoms with Gasteiger partial charge in [-0.3, -0.25) is 18.3 Å². The van der Waals surface area contributed by atoms with Crippen LogP contribution in [0.5, 0.6) is 0 Å². The van der Waals surface area contributed by atoms with Crippen molar-refractivity contribution >= 4 is 16.9 Å². The van der Waals surface area contributed by atoms with E-state index in [1.807, 2.05) is 37.7 Å². The van der Waals surface area contributed by atoms with E-state index >= 15 is 0 Å². The maximum Gasteiger partial charge on any atom is 0.332 e. The summed E-state index contributed by atoms with van der Waals surface area (Å²) in [6.45, 7) is 4.06. The van der Waals surface area contributed by atoms with Gasteiger partial charge in [-0.05, 0) is 13.8 Å². The van der Waals surface area contributed by atoms with E-state index in [2.05, 4.69) is 4.98 Å². The molecular weight excluding hydrogens is 270 g/mol. The SMILES string of the molecule is CC=CCn1c(=O)c2c(nc3n(C)c(C)cn23)n(C)c1=O. The monoisotopic (exact) mass is 287 g/mol. The number of rotatable bonds is 2. The summed E-state index contributed by atoms with van der Waals surface area (Å²) in [6, 6.07) is 0. The molecule has 0 radical (unpaired) electrons. The molecule has 0 unspecified atom stereocenters. The number of hydrogen-bond acceptors (Lipinski definition) is 3. The van der Waals surface area contributed by atoms with Gasteiger partial charge in [0.1, 0.15) is 0 Å². The van der Waals surface area contributed by atoms with Crippen molar-refractivity contribution in [1.29, 1.82) is 0 Å². The molecular formula is C14H17N5O2. The number of aryl methyl sites for hydroxylation is 3. The Morgan fingerprint density at radius 3 is 2.62 bits per heavy atom. The van der Waals surface area contributed by atoms with Crippen LogP contribution in [0.15, 0.2) is 27.9 Å². The van der Waals surface area contributed by atoms with Crippen LogP contribution in [0.4, 0.5) is 0 Å². The Labute approximate surface area is 120 Å². The van der Waals surface area contributed by atoms with E-state index in [-0.39, 0.29) is 17.8 Å². The number of fused-ring (bicyclic) bond motifs is 3. The molecule has 3 aromatic rings. The predicted octanol–water partition coefficient (Wildman–Crippen LogP) is 0.571. The second-order valence-corrected chi connectivity index (χ2v) is 5.11. The lowest BCUT2D eigenvalue weighted by Gasteiger charge is -2.05. The number of allylic oxidation sites excluding steroid dienone is 2. The van der Waals surface area contributed by atoms with Crippen LogP contribution in [-0.2, 0) is 20.6 Å². The minimum absolute atomic E-state index is 0.261. The third-order valence-electron chi connectivity index (χ3n) is 3.83. The molecule has 0 saturated heterocycles. The van der Waals surface area contributed by atoms with Crippen molar-refractivity contribution in [2.75, 3.05) is 0 Å². The zero-order chi connectivity index (χ0) is 15.3. The lowest BCUT2D eigenvalue weighted by atomic mass is 10.4. The molecule has 0 atom stereocenters. The van der Waals surface area contributed by atoms with Crippen molar-refractivity contribution in [3.05, 3.63) is 44.9 Å². The van der Waals surface area contributed by atoms with Crippen molar-refractivity contribution in [1.82, 2.24) is 23.1 Å². The molecule has 0 N–H and O–H groups in total. The zero-order valence-corrected chi connectivity index (χ0v) is 12.5. The van der Waals surface area contributed by atoms with Gasteiger partial charge in [-0.1, -0.05) is 12.2 Å². The molecule has 0 aliphatic heterocycles. The third-order valence-corrected chi connectivity index (χ3v) is 3.83. The highest BCUT2D eigenvalue weighted by atomic mass is 16.2. The first-order chi connectivity index (χ1) is 9.97. The van der Waals surface area contributed by atoms with Crippen LogP contribution < -0.4 is 11.2 Å². The van der Waals surface area contributed by atoms with E-state index < -0.39 is 0 Å². The van der Waals surface area contributed by atoms with Crippen LogP contribution in [0.3, 0.4) is 0 Å². The molecule has 7 nitrogen and oxygen atoms in total. The highest BCUT2D eigenvalue weighted by molar-refractivity contribution is 5.75. The van der Waals surface area contributed by atoms with Crippen LogP contribution in [0.1, 0.15) is 12.6 Å². The summed E-state index contributed by atoms with van der Waals surface area (Å²) in [5.41, 5.74) is 1.16. The lowest BCUT2D eigenvalue weighted by molar-refractivity contribution is 0.666. The topological polar surface area (TPSA) is 66.2 Å². The summed E-state index contributed by atoms with van der Waals surface area (Å²) in [4.78, 5) is 29.4. The molecule has 0 fully saturated rings. The van der Waals surface area contributed by atoms with Crippen LogP contribution in [-0.4, -0.2) is 23.1 Å². The van der Waals surface area contributed by atoms with E-state index in [1.54, 1.807) is 17.5 Å². The summed E-state index contributed by atoms with van der Waals surface area (Å²) in [6.07, 6.45) is 5.45. The smallest absolute Gasteiger partial charge is 0.317 e. The summed E-state index contributed by atoms with van der Waals surface area (Å²) in [5, 5.41) is 0. The van der Waals surface area contributed by atoms with Crippen molar-refractivity contribution in [2.24, 2.45) is 14.1 Å². The van der Waals surface area contributed by atoms with Gasteiger partial charge in [-0.15, -0.1) is 0 Å². The highest BCUT2D eigenvalue weighted by Gasteiger charge is 2.18. The fraction of sp³-hybridized carbons (Fsp3) is 0.357. The molecule has 7 heteroatoms. The summed E-state index contributed by atoms with van der Waals surface area (Å²) < 4.78 is 6.28. The summed E-state index contributed by atoms with van der Waals surface area (Å²) >= 11 is 0. The van der Waals surface area contributed by atoms with Crippen molar-refractivity contribution < 1.29 is 0 Å². The molecule has 3 aromatic heterocycles. The molecule has 0 aliphatic carbocycles. The molecule has 110 valence electrons. The number of imidazole rings is 2. The Balaban J connectivity index is 2.53. The van der Waals surface area contributed by atoms with E-state index in [0.29, 0.717) is 16.9 Å². The lowest BCUT2D eigenvalue weighted by Crippen LogP contribution is -2.39. The Kier molecular flexibility index (Phi) is 2.86. The van der Waals surface area contributed by atoms with E-state index in [0.717, 1.165) is 5.69 Å². The van der Waals surface area contributed by atoms with Gasteiger partial charge in [0.05, 0.1) is 0 Å². The van der Waals surface area contributed by atoms with Gasteiger partial charge in [0, 0.05) is 32.5 Å². The molecule has 0 aliphatic rings. The molecule has 3 heterocycles. The van der Waals surface area contributed by atoms with Gasteiger partial charge in [-0.2, -0.15) is 4.98 Å². The van der Waals surface area contributed by atoms with Gasteiger partial charge in [0.2, 0.25) is 5.78 Å². The van der Waals surface area contributed by atoms with Gasteiger partial charge < -0.3 is 4.57 Å². The predicted molar refractivity (Wildman–Crippen MR) is 80.7 cm³/mol. The molecule has 0 spiro atoms. The third kappa shape index (κ3) is 1.70. The van der Waals surface area contributed by atoms with Crippen molar-refractivity contribution in [3.63, 3.8) is 0 Å². The average Bonchev–Trinajstić information content (AvgIpc) is 2.95. The molecule has 0 saturated carbocycles. The van der Waals surface area contributed by atoms with E-state index in [9.17, 15) is 9.59 Å². The Morgan fingerprint density at radius 2 is 1.95 bits per heavy atom. The molecule has 0 amide bonds. The standard InChI is InChI=1S/C14H17N5O2/c1-5-6-7-18-12(20)10-11(17(4)14(18)21)15-13-16(3)9(2)8-19(10)13/h5-6,8H,7H2,1-4H3. The van der Waals surface area contributed by atoms with Gasteiger partial charge in [0.25, 0.3) is 5.56 Å². The quantitative estimate of drug-likeness (QED) is 0.647. The second-order valence-electron chi connectivity index (χ2n) is 5.11. The van der Waals surface area contributed by atoms with Crippen LogP contribution in [0.2, 0.25) is 0 Å². The van der Waals surface area contributed by atoms with Crippen LogP contribution in [0.25, 0.3) is 16.9 Å². The number of hydrogen-bond donors (Lipinski definition) is 0. The Morgan fingerprint density at radius 1 is 1.24 bits per heavy atom. The van der Waals surface area contributed by atoms with Crippen molar-refractivity contribution in [2.45, 2.75) is 20.4 Å². The highest BCUT2D eigenvalue weighted by Crippen LogP contribution is 2.14. The Hall–Kier alpha value is -2.57. The minimum atomic E-state index is -0.356. The first-order valence-corrected chi connectivity index (χ1v) is 6.72. The first-order valence-electron chi connectivity index (χ1n) is 6.72. The minimum Gasteiger partial charge on any atom is -0.317 e. The number of aromatic nitrogens is 5. The van der Waals surface area contributed by atoms with Gasteiger partial charge in [-0.25, -0.2) is 4.79 Å². The molecule has 0 bridgehead atoms. The molecule has 21 heavy (non-hydrogen) atoms. The average molecular weight is 287 g/mol. The van der Waals surface area contributed by atoms with E-state index in [4.69, 9.17) is 0 Å². The maximum absolute atomic E-state index is 12.6. The fourth-order valence-corrected chi connectivity index (χ4v) is 2.49. The fourth-order valence-electron chi connectivity index (χ4n) is 2.49. The van der Waals surface area contributed by atoms with Gasteiger partial charge >= 0.3 is 5.69 Å². The van der Waals surface area contributed by atoms with E-state index in [1.165, 1.54) is 9.13 Å². The summed E-state index contributed by atoms with van der Waals surface area (Å²) in [5.74, 6) is 0.651. The normalized spacial score (nSPS) is 12.2. The van der Waals surface area contributed by atoms with Gasteiger partial charge in [0.15, 0.2) is 11.2 Å². The summed E-state index contributed by atoms with van der Waals surface area (Å²) in [7, 11) is 3.52. The van der Waals surface area contributed by atoms with Crippen LogP contribution in [0, 0.1) is 6.92 Å². The van der Waals surface area contributed by atoms with Crippen molar-refractivity contribution in [3.8, 4) is 0 Å². The molecule has 0 aromatic carbocycles. The molecule has 3 rings (SSSR count). The maximum atomic E-state index is 12.6. The number of nitrogens with zero attached hydrogens (tertiary/aromatic N) is 5. The second kappa shape index (κ2) is 4.47. The zero-order valence-electron chi connectivity index (χ0n) is 12.5. The first kappa shape index (κ1) is 13.4. The largest absolute Gasteiger partial charge is 0.332 e. The Bertz CT molecular complexity index is 997.